The normalized spacial score (nSPS) is 16.3. The van der Waals surface area contributed by atoms with E-state index < -0.39 is 5.97 Å². The summed E-state index contributed by atoms with van der Waals surface area (Å²) in [7, 11) is 0. The van der Waals surface area contributed by atoms with Crippen LogP contribution in [0.2, 0.25) is 5.02 Å². The first-order chi connectivity index (χ1) is 12.0. The van der Waals surface area contributed by atoms with Crippen LogP contribution in [0.5, 0.6) is 0 Å². The van der Waals surface area contributed by atoms with Gasteiger partial charge in [-0.05, 0) is 35.8 Å². The number of amides is 1. The molecule has 0 spiro atoms. The standard InChI is InChI=1S/C19H17ClN2O3/c20-15-8-6-14(7-9-15)17-12-16(13-4-2-1-3-5-13)21-22(17)18(23)10-11-19(24)25/h1-9,12,17,21H,10-11H2,(H,24,25)/p-1/t17-/m1/s1. The third-order valence-corrected chi connectivity index (χ3v) is 4.20. The number of carboxylic acid groups (broad SMARTS) is 1. The van der Waals surface area contributed by atoms with Crippen LogP contribution in [0, 0.1) is 0 Å². The lowest BCUT2D eigenvalue weighted by Crippen LogP contribution is -2.40. The van der Waals surface area contributed by atoms with Crippen molar-refractivity contribution in [1.82, 2.24) is 10.4 Å². The molecule has 1 aliphatic rings. The molecule has 0 bridgehead atoms. The molecule has 2 aromatic carbocycles. The Kier molecular flexibility index (Phi) is 5.05. The highest BCUT2D eigenvalue weighted by molar-refractivity contribution is 6.30. The van der Waals surface area contributed by atoms with Crippen molar-refractivity contribution < 1.29 is 14.7 Å². The summed E-state index contributed by atoms with van der Waals surface area (Å²) in [6.45, 7) is 0. The molecule has 1 N–H and O–H groups in total. The maximum atomic E-state index is 12.5. The van der Waals surface area contributed by atoms with Crippen molar-refractivity contribution in [3.8, 4) is 0 Å². The monoisotopic (exact) mass is 355 g/mol. The smallest absolute Gasteiger partial charge is 0.242 e. The third-order valence-electron chi connectivity index (χ3n) is 3.95. The molecule has 3 rings (SSSR count). The number of halogens is 1. The highest BCUT2D eigenvalue weighted by atomic mass is 35.5. The number of nitrogens with zero attached hydrogens (tertiary/aromatic N) is 1. The summed E-state index contributed by atoms with van der Waals surface area (Å²) in [4.78, 5) is 23.2. The van der Waals surface area contributed by atoms with Gasteiger partial charge in [-0.1, -0.05) is 54.1 Å². The Labute approximate surface area is 150 Å². The number of carbonyl (C=O) groups is 2. The molecule has 0 saturated carbocycles. The van der Waals surface area contributed by atoms with E-state index in [4.69, 9.17) is 11.6 Å². The van der Waals surface area contributed by atoms with Crippen LogP contribution in [-0.2, 0) is 9.59 Å². The topological polar surface area (TPSA) is 72.5 Å². The van der Waals surface area contributed by atoms with Gasteiger partial charge in [0, 0.05) is 17.4 Å². The van der Waals surface area contributed by atoms with Gasteiger partial charge < -0.3 is 9.90 Å². The summed E-state index contributed by atoms with van der Waals surface area (Å²) in [6.07, 6.45) is 1.50. The number of hydrogen-bond donors (Lipinski definition) is 1. The number of hydrogen-bond acceptors (Lipinski definition) is 4. The molecule has 0 aromatic heterocycles. The minimum absolute atomic E-state index is 0.130. The van der Waals surface area contributed by atoms with E-state index in [9.17, 15) is 14.7 Å². The molecule has 0 unspecified atom stereocenters. The van der Waals surface area contributed by atoms with E-state index in [0.717, 1.165) is 16.8 Å². The Bertz CT molecular complexity index is 803. The van der Waals surface area contributed by atoms with E-state index in [1.54, 1.807) is 12.1 Å². The Morgan fingerprint density at radius 3 is 2.36 bits per heavy atom. The molecule has 1 aliphatic heterocycles. The average Bonchev–Trinajstić information content (AvgIpc) is 3.06. The summed E-state index contributed by atoms with van der Waals surface area (Å²) in [5.41, 5.74) is 5.71. The maximum absolute atomic E-state index is 12.5. The zero-order valence-corrected chi connectivity index (χ0v) is 14.1. The van der Waals surface area contributed by atoms with Gasteiger partial charge in [-0.15, -0.1) is 0 Å². The number of nitrogens with one attached hydrogen (secondary N) is 1. The second kappa shape index (κ2) is 7.40. The third kappa shape index (κ3) is 4.00. The van der Waals surface area contributed by atoms with Crippen molar-refractivity contribution >= 4 is 29.2 Å². The van der Waals surface area contributed by atoms with Crippen LogP contribution in [0.4, 0.5) is 0 Å². The lowest BCUT2D eigenvalue weighted by Gasteiger charge is -2.25. The molecular formula is C19H16ClN2O3-. The summed E-state index contributed by atoms with van der Waals surface area (Å²) in [6, 6.07) is 16.5. The Morgan fingerprint density at radius 2 is 1.72 bits per heavy atom. The van der Waals surface area contributed by atoms with Gasteiger partial charge in [-0.2, -0.15) is 0 Å². The molecule has 6 heteroatoms. The summed E-state index contributed by atoms with van der Waals surface area (Å²) in [5, 5.41) is 12.7. The number of hydrazine groups is 1. The van der Waals surface area contributed by atoms with Crippen molar-refractivity contribution in [2.75, 3.05) is 0 Å². The molecule has 128 valence electrons. The molecule has 0 saturated heterocycles. The fraction of sp³-hybridized carbons (Fsp3) is 0.158. The van der Waals surface area contributed by atoms with Crippen LogP contribution >= 0.6 is 11.6 Å². The minimum Gasteiger partial charge on any atom is -0.550 e. The Balaban J connectivity index is 1.89. The average molecular weight is 356 g/mol. The van der Waals surface area contributed by atoms with E-state index in [1.807, 2.05) is 48.5 Å². The van der Waals surface area contributed by atoms with Crippen molar-refractivity contribution in [2.45, 2.75) is 18.9 Å². The first-order valence-electron chi connectivity index (χ1n) is 7.86. The predicted molar refractivity (Wildman–Crippen MR) is 92.8 cm³/mol. The molecule has 1 heterocycles. The lowest BCUT2D eigenvalue weighted by molar-refractivity contribution is -0.305. The van der Waals surface area contributed by atoms with Gasteiger partial charge in [-0.3, -0.25) is 10.2 Å². The van der Waals surface area contributed by atoms with Gasteiger partial charge in [-0.25, -0.2) is 5.01 Å². The van der Waals surface area contributed by atoms with E-state index in [0.29, 0.717) is 5.02 Å². The van der Waals surface area contributed by atoms with Gasteiger partial charge >= 0.3 is 0 Å². The number of aliphatic carboxylic acids is 1. The fourth-order valence-corrected chi connectivity index (χ4v) is 2.83. The van der Waals surface area contributed by atoms with E-state index in [-0.39, 0.29) is 24.8 Å². The maximum Gasteiger partial charge on any atom is 0.242 e. The van der Waals surface area contributed by atoms with Crippen LogP contribution in [-0.4, -0.2) is 16.9 Å². The van der Waals surface area contributed by atoms with Crippen molar-refractivity contribution in [1.29, 1.82) is 0 Å². The van der Waals surface area contributed by atoms with Crippen LogP contribution in [0.25, 0.3) is 5.70 Å². The Morgan fingerprint density at radius 1 is 1.04 bits per heavy atom. The minimum atomic E-state index is -1.24. The summed E-state index contributed by atoms with van der Waals surface area (Å²) < 4.78 is 0. The number of carbonyl (C=O) groups excluding carboxylic acids is 2. The lowest BCUT2D eigenvalue weighted by atomic mass is 10.0. The number of carboxylic acids is 1. The Hall–Kier alpha value is -2.79. The molecule has 25 heavy (non-hydrogen) atoms. The highest BCUT2D eigenvalue weighted by Gasteiger charge is 2.30. The molecular weight excluding hydrogens is 340 g/mol. The van der Waals surface area contributed by atoms with Crippen molar-refractivity contribution in [2.24, 2.45) is 0 Å². The first-order valence-corrected chi connectivity index (χ1v) is 8.23. The van der Waals surface area contributed by atoms with E-state index in [1.165, 1.54) is 5.01 Å². The second-order valence-corrected chi connectivity index (χ2v) is 6.13. The predicted octanol–water partition coefficient (Wildman–Crippen LogP) is 2.30. The van der Waals surface area contributed by atoms with Gasteiger partial charge in [0.2, 0.25) is 5.91 Å². The van der Waals surface area contributed by atoms with Crippen LogP contribution in [0.15, 0.2) is 60.7 Å². The number of rotatable bonds is 5. The van der Waals surface area contributed by atoms with Crippen LogP contribution < -0.4 is 10.5 Å². The van der Waals surface area contributed by atoms with Gasteiger partial charge in [0.05, 0.1) is 11.7 Å². The van der Waals surface area contributed by atoms with Crippen molar-refractivity contribution in [3.05, 3.63) is 76.8 Å². The molecule has 2 aromatic rings. The zero-order valence-electron chi connectivity index (χ0n) is 13.3. The zero-order chi connectivity index (χ0) is 17.8. The van der Waals surface area contributed by atoms with Crippen LogP contribution in [0.3, 0.4) is 0 Å². The molecule has 1 amide bonds. The summed E-state index contributed by atoms with van der Waals surface area (Å²) in [5.74, 6) is -1.56. The first kappa shape index (κ1) is 17.0. The van der Waals surface area contributed by atoms with E-state index >= 15 is 0 Å². The van der Waals surface area contributed by atoms with Gasteiger partial charge in [0.25, 0.3) is 0 Å². The fourth-order valence-electron chi connectivity index (χ4n) is 2.70. The quantitative estimate of drug-likeness (QED) is 0.893. The largest absolute Gasteiger partial charge is 0.550 e. The highest BCUT2D eigenvalue weighted by Crippen LogP contribution is 2.32. The SMILES string of the molecule is O=C([O-])CCC(=O)N1NC(c2ccccc2)=C[C@@H]1c1ccc(Cl)cc1. The summed E-state index contributed by atoms with van der Waals surface area (Å²) >= 11 is 5.94. The molecule has 0 fully saturated rings. The molecule has 0 aliphatic carbocycles. The molecule has 1 atom stereocenters. The molecule has 0 radical (unpaired) electrons. The van der Waals surface area contributed by atoms with Crippen LogP contribution in [0.1, 0.15) is 30.0 Å². The second-order valence-electron chi connectivity index (χ2n) is 5.69. The molecule has 5 nitrogen and oxygen atoms in total. The van der Waals surface area contributed by atoms with Gasteiger partial charge in [0.15, 0.2) is 0 Å². The number of benzene rings is 2. The van der Waals surface area contributed by atoms with Crippen molar-refractivity contribution in [3.63, 3.8) is 0 Å². The van der Waals surface area contributed by atoms with E-state index in [2.05, 4.69) is 5.43 Å². The van der Waals surface area contributed by atoms with Gasteiger partial charge in [0.1, 0.15) is 0 Å².